The minimum absolute atomic E-state index is 0.218. The average Bonchev–Trinajstić information content (AvgIpc) is 2.60. The number of hydrogen-bond acceptors (Lipinski definition) is 2. The lowest BCUT2D eigenvalue weighted by Gasteiger charge is -2.10. The Hall–Kier alpha value is -3.41. The molecule has 3 aromatic carbocycles. The average molecular weight is 339 g/mol. The third-order valence-corrected chi connectivity index (χ3v) is 3.41. The topological polar surface area (TPSA) is 53.2 Å². The van der Waals surface area contributed by atoms with Gasteiger partial charge in [0, 0.05) is 17.1 Å². The minimum Gasteiger partial charge on any atom is -0.351 e. The zero-order valence-electron chi connectivity index (χ0n) is 13.1. The number of carbonyl (C=O) groups is 1. The molecule has 4 nitrogen and oxygen atoms in total. The van der Waals surface area contributed by atoms with E-state index in [1.54, 1.807) is 36.4 Å². The van der Waals surface area contributed by atoms with Crippen molar-refractivity contribution < 1.29 is 13.6 Å². The largest absolute Gasteiger partial charge is 0.351 e. The first-order valence-corrected chi connectivity index (χ1v) is 7.56. The highest BCUT2D eigenvalue weighted by Crippen LogP contribution is 2.24. The second kappa shape index (κ2) is 7.44. The maximum Gasteiger partial charge on any atom is 0.323 e. The monoisotopic (exact) mass is 339 g/mol. The van der Waals surface area contributed by atoms with Crippen LogP contribution in [0.15, 0.2) is 72.8 Å². The van der Waals surface area contributed by atoms with Crippen molar-refractivity contribution in [2.75, 3.05) is 16.0 Å². The number of nitrogens with one attached hydrogen (secondary N) is 3. The van der Waals surface area contributed by atoms with E-state index in [1.165, 1.54) is 18.2 Å². The molecule has 0 aliphatic rings. The van der Waals surface area contributed by atoms with Crippen LogP contribution in [0.5, 0.6) is 0 Å². The first-order valence-electron chi connectivity index (χ1n) is 7.56. The molecule has 0 radical (unpaired) electrons. The van der Waals surface area contributed by atoms with Crippen LogP contribution < -0.4 is 16.0 Å². The van der Waals surface area contributed by atoms with Gasteiger partial charge in [0.25, 0.3) is 0 Å². The fraction of sp³-hybridized carbons (Fsp3) is 0. The number of rotatable bonds is 4. The molecule has 3 aromatic rings. The summed E-state index contributed by atoms with van der Waals surface area (Å²) in [5.41, 5.74) is 1.50. The van der Waals surface area contributed by atoms with Crippen molar-refractivity contribution in [2.45, 2.75) is 0 Å². The fourth-order valence-electron chi connectivity index (χ4n) is 2.21. The molecule has 126 valence electrons. The number of urea groups is 1. The molecule has 2 amide bonds. The molecule has 6 heteroatoms. The molecule has 3 rings (SSSR count). The molecule has 3 N–H and O–H groups in total. The number of benzene rings is 3. The summed E-state index contributed by atoms with van der Waals surface area (Å²) < 4.78 is 27.3. The Morgan fingerprint density at radius 1 is 0.640 bits per heavy atom. The lowest BCUT2D eigenvalue weighted by atomic mass is 10.2. The molecule has 0 aromatic heterocycles. The summed E-state index contributed by atoms with van der Waals surface area (Å²) in [5, 5.41) is 8.06. The van der Waals surface area contributed by atoms with E-state index in [9.17, 15) is 13.6 Å². The van der Waals surface area contributed by atoms with Gasteiger partial charge < -0.3 is 16.0 Å². The van der Waals surface area contributed by atoms with Gasteiger partial charge in [-0.05, 0) is 48.5 Å². The Balaban J connectivity index is 1.63. The van der Waals surface area contributed by atoms with Gasteiger partial charge in [-0.15, -0.1) is 0 Å². The normalized spacial score (nSPS) is 10.2. The molecule has 0 saturated heterocycles. The molecule has 0 saturated carbocycles. The molecule has 0 spiro atoms. The van der Waals surface area contributed by atoms with E-state index >= 15 is 0 Å². The van der Waals surface area contributed by atoms with Crippen molar-refractivity contribution in [1.82, 2.24) is 0 Å². The number of para-hydroxylation sites is 2. The standard InChI is InChI=1S/C19H15F2N3O/c20-16-7-4-8-17(21)18(16)22-14-9-11-15(12-10-14)24-19(25)23-13-5-2-1-3-6-13/h1-12,22H,(H2,23,24,25). The van der Waals surface area contributed by atoms with Gasteiger partial charge in [0.1, 0.15) is 17.3 Å². The Morgan fingerprint density at radius 3 is 1.76 bits per heavy atom. The second-order valence-electron chi connectivity index (χ2n) is 5.24. The Morgan fingerprint density at radius 2 is 1.16 bits per heavy atom. The Kier molecular flexibility index (Phi) is 4.89. The van der Waals surface area contributed by atoms with Gasteiger partial charge in [-0.3, -0.25) is 0 Å². The third-order valence-electron chi connectivity index (χ3n) is 3.41. The molecule has 25 heavy (non-hydrogen) atoms. The van der Waals surface area contributed by atoms with Crippen LogP contribution in [-0.2, 0) is 0 Å². The maximum absolute atomic E-state index is 13.6. The SMILES string of the molecule is O=C(Nc1ccccc1)Nc1ccc(Nc2c(F)cccc2F)cc1. The zero-order chi connectivity index (χ0) is 17.6. The van der Waals surface area contributed by atoms with Gasteiger partial charge in [0.2, 0.25) is 0 Å². The van der Waals surface area contributed by atoms with Gasteiger partial charge >= 0.3 is 6.03 Å². The van der Waals surface area contributed by atoms with E-state index < -0.39 is 11.6 Å². The minimum atomic E-state index is -0.676. The predicted octanol–water partition coefficient (Wildman–Crippen LogP) is 5.35. The molecule has 0 aliphatic heterocycles. The summed E-state index contributed by atoms with van der Waals surface area (Å²) in [6.07, 6.45) is 0. The van der Waals surface area contributed by atoms with Crippen molar-refractivity contribution >= 4 is 28.8 Å². The Labute approximate surface area is 143 Å². The third kappa shape index (κ3) is 4.32. The van der Waals surface area contributed by atoms with Gasteiger partial charge in [-0.2, -0.15) is 0 Å². The van der Waals surface area contributed by atoms with E-state index in [4.69, 9.17) is 0 Å². The summed E-state index contributed by atoms with van der Waals surface area (Å²) >= 11 is 0. The lowest BCUT2D eigenvalue weighted by Crippen LogP contribution is -2.19. The van der Waals surface area contributed by atoms with Crippen molar-refractivity contribution in [1.29, 1.82) is 0 Å². The van der Waals surface area contributed by atoms with E-state index in [1.807, 2.05) is 18.2 Å². The zero-order valence-corrected chi connectivity index (χ0v) is 13.1. The smallest absolute Gasteiger partial charge is 0.323 e. The summed E-state index contributed by atoms with van der Waals surface area (Å²) in [6.45, 7) is 0. The van der Waals surface area contributed by atoms with Crippen LogP contribution in [0.25, 0.3) is 0 Å². The van der Waals surface area contributed by atoms with E-state index in [-0.39, 0.29) is 11.7 Å². The van der Waals surface area contributed by atoms with E-state index in [0.717, 1.165) is 0 Å². The van der Waals surface area contributed by atoms with Gasteiger partial charge in [-0.25, -0.2) is 13.6 Å². The molecule has 0 unspecified atom stereocenters. The molecular formula is C19H15F2N3O. The van der Waals surface area contributed by atoms with E-state index in [0.29, 0.717) is 17.1 Å². The lowest BCUT2D eigenvalue weighted by molar-refractivity contribution is 0.262. The van der Waals surface area contributed by atoms with Crippen molar-refractivity contribution in [3.63, 3.8) is 0 Å². The highest BCUT2D eigenvalue weighted by molar-refractivity contribution is 5.99. The van der Waals surface area contributed by atoms with Crippen LogP contribution in [0.2, 0.25) is 0 Å². The number of carbonyl (C=O) groups excluding carboxylic acids is 1. The van der Waals surface area contributed by atoms with Crippen LogP contribution in [0.4, 0.5) is 36.3 Å². The first kappa shape index (κ1) is 16.4. The summed E-state index contributed by atoms with van der Waals surface area (Å²) in [6, 6.07) is 18.8. The van der Waals surface area contributed by atoms with Crippen LogP contribution in [-0.4, -0.2) is 6.03 Å². The number of halogens is 2. The molecule has 0 aliphatic carbocycles. The predicted molar refractivity (Wildman–Crippen MR) is 95.2 cm³/mol. The molecule has 0 fully saturated rings. The van der Waals surface area contributed by atoms with Crippen molar-refractivity contribution in [2.24, 2.45) is 0 Å². The van der Waals surface area contributed by atoms with Crippen LogP contribution in [0, 0.1) is 11.6 Å². The van der Waals surface area contributed by atoms with Crippen molar-refractivity contribution in [3.05, 3.63) is 84.4 Å². The molecule has 0 heterocycles. The van der Waals surface area contributed by atoms with Gasteiger partial charge in [-0.1, -0.05) is 24.3 Å². The van der Waals surface area contributed by atoms with Gasteiger partial charge in [0.05, 0.1) is 0 Å². The van der Waals surface area contributed by atoms with Crippen LogP contribution >= 0.6 is 0 Å². The highest BCUT2D eigenvalue weighted by Gasteiger charge is 2.08. The van der Waals surface area contributed by atoms with Crippen LogP contribution in [0.1, 0.15) is 0 Å². The van der Waals surface area contributed by atoms with Crippen molar-refractivity contribution in [3.8, 4) is 0 Å². The second-order valence-corrected chi connectivity index (χ2v) is 5.24. The highest BCUT2D eigenvalue weighted by atomic mass is 19.1. The summed E-state index contributed by atoms with van der Waals surface area (Å²) in [7, 11) is 0. The van der Waals surface area contributed by atoms with E-state index in [2.05, 4.69) is 16.0 Å². The molecule has 0 atom stereocenters. The number of amides is 2. The number of hydrogen-bond donors (Lipinski definition) is 3. The molecule has 0 bridgehead atoms. The first-order chi connectivity index (χ1) is 12.1. The number of anilines is 4. The summed E-state index contributed by atoms with van der Waals surface area (Å²) in [4.78, 5) is 11.9. The Bertz CT molecular complexity index is 847. The van der Waals surface area contributed by atoms with Crippen LogP contribution in [0.3, 0.4) is 0 Å². The quantitative estimate of drug-likeness (QED) is 0.600. The maximum atomic E-state index is 13.6. The summed E-state index contributed by atoms with van der Waals surface area (Å²) in [5.74, 6) is -1.35. The fourth-order valence-corrected chi connectivity index (χ4v) is 2.21. The molecular weight excluding hydrogens is 324 g/mol. The van der Waals surface area contributed by atoms with Gasteiger partial charge in [0.15, 0.2) is 0 Å².